The molecule has 7 heteroatoms. The molecule has 1 atom stereocenters. The van der Waals surface area contributed by atoms with E-state index in [9.17, 15) is 9.46 Å². The average Bonchev–Trinajstić information content (AvgIpc) is 2.52. The van der Waals surface area contributed by atoms with Crippen molar-refractivity contribution in [2.24, 2.45) is 0 Å². The van der Waals surface area contributed by atoms with Gasteiger partial charge in [0.05, 0.1) is 20.6 Å². The summed E-state index contributed by atoms with van der Waals surface area (Å²) in [5.41, 5.74) is 0. The number of rotatable bonds is 17. The Morgan fingerprint density at radius 2 is 1.33 bits per heavy atom. The van der Waals surface area contributed by atoms with Crippen LogP contribution in [0.4, 0.5) is 0 Å². The Kier molecular flexibility index (Phi) is 14.8. The number of phosphoric ester groups is 1. The Morgan fingerprint density at radius 3 is 1.79 bits per heavy atom. The predicted molar refractivity (Wildman–Crippen MR) is 105 cm³/mol. The zero-order valence-corrected chi connectivity index (χ0v) is 17.7. The molecule has 5 nitrogen and oxygen atoms in total. The fourth-order valence-corrected chi connectivity index (χ4v) is 3.28. The maximum atomic E-state index is 11.2. The van der Waals surface area contributed by atoms with Crippen LogP contribution in [-0.2, 0) is 13.6 Å². The maximum absolute atomic E-state index is 11.2. The van der Waals surface area contributed by atoms with Crippen LogP contribution in [0, 0.1) is 0 Å². The summed E-state index contributed by atoms with van der Waals surface area (Å²) in [7, 11) is 1.61. The van der Waals surface area contributed by atoms with E-state index in [0.717, 1.165) is 16.8 Å². The van der Waals surface area contributed by atoms with Crippen LogP contribution < -0.4 is 0 Å². The highest BCUT2D eigenvalue weighted by Gasteiger charge is 2.21. The molecule has 0 amide bonds. The second-order valence-corrected chi connectivity index (χ2v) is 9.13. The number of thiol groups is 1. The number of nitrogens with zero attached hydrogens (tertiary/aromatic N) is 1. The second kappa shape index (κ2) is 14.6. The SMILES string of the molecule is COP(=O)(O)OCC[N+](C)(C)CCCCCCCCCCCCS. The summed E-state index contributed by atoms with van der Waals surface area (Å²) in [6, 6.07) is 0. The summed E-state index contributed by atoms with van der Waals surface area (Å²) < 4.78 is 21.3. The van der Waals surface area contributed by atoms with E-state index in [2.05, 4.69) is 31.2 Å². The molecule has 0 radical (unpaired) electrons. The fraction of sp³-hybridized carbons (Fsp3) is 1.00. The molecule has 0 bridgehead atoms. The molecule has 1 N–H and O–H groups in total. The molecule has 0 aromatic rings. The molecule has 0 heterocycles. The Hall–Kier alpha value is 0.420. The van der Waals surface area contributed by atoms with Crippen molar-refractivity contribution < 1.29 is 23.0 Å². The minimum absolute atomic E-state index is 0.238. The third-order valence-electron chi connectivity index (χ3n) is 4.35. The molecule has 0 aliphatic heterocycles. The van der Waals surface area contributed by atoms with Crippen molar-refractivity contribution in [3.63, 3.8) is 0 Å². The molecule has 146 valence electrons. The van der Waals surface area contributed by atoms with Gasteiger partial charge in [-0.2, -0.15) is 12.6 Å². The second-order valence-electron chi connectivity index (χ2n) is 7.13. The summed E-state index contributed by atoms with van der Waals surface area (Å²) in [6.07, 6.45) is 13.1. The lowest BCUT2D eigenvalue weighted by molar-refractivity contribution is -0.890. The summed E-state index contributed by atoms with van der Waals surface area (Å²) in [6.45, 7) is 2.01. The number of hydrogen-bond donors (Lipinski definition) is 2. The molecule has 0 aromatic heterocycles. The van der Waals surface area contributed by atoms with E-state index in [1.54, 1.807) is 0 Å². The zero-order valence-electron chi connectivity index (χ0n) is 15.9. The number of phosphoric acid groups is 1. The first-order chi connectivity index (χ1) is 11.3. The zero-order chi connectivity index (χ0) is 18.3. The van der Waals surface area contributed by atoms with Crippen molar-refractivity contribution in [1.29, 1.82) is 0 Å². The summed E-state index contributed by atoms with van der Waals surface area (Å²) in [5.74, 6) is 1.02. The normalized spacial score (nSPS) is 14.7. The first kappa shape index (κ1) is 24.4. The van der Waals surface area contributed by atoms with Crippen molar-refractivity contribution >= 4 is 20.5 Å². The number of likely N-dealkylation sites (N-methyl/N-ethyl adjacent to an activating group) is 1. The Labute approximate surface area is 154 Å². The van der Waals surface area contributed by atoms with Crippen molar-refractivity contribution in [3.05, 3.63) is 0 Å². The number of unbranched alkanes of at least 4 members (excludes halogenated alkanes) is 9. The van der Waals surface area contributed by atoms with Crippen LogP contribution in [-0.4, -0.2) is 56.0 Å². The van der Waals surface area contributed by atoms with Crippen LogP contribution in [0.1, 0.15) is 64.2 Å². The minimum Gasteiger partial charge on any atom is -0.327 e. The topological polar surface area (TPSA) is 55.8 Å². The third-order valence-corrected chi connectivity index (χ3v) is 5.64. The molecule has 0 saturated heterocycles. The summed E-state index contributed by atoms with van der Waals surface area (Å²) in [5, 5.41) is 0. The molecule has 0 saturated carbocycles. The highest BCUT2D eigenvalue weighted by atomic mass is 32.1. The Bertz CT molecular complexity index is 343. The van der Waals surface area contributed by atoms with Crippen molar-refractivity contribution in [1.82, 2.24) is 0 Å². The van der Waals surface area contributed by atoms with E-state index < -0.39 is 7.82 Å². The maximum Gasteiger partial charge on any atom is 0.472 e. The Balaban J connectivity index is 3.47. The van der Waals surface area contributed by atoms with Gasteiger partial charge in [0.15, 0.2) is 0 Å². The molecule has 0 aliphatic rings. The van der Waals surface area contributed by atoms with Crippen LogP contribution >= 0.6 is 20.5 Å². The average molecular weight is 385 g/mol. The smallest absolute Gasteiger partial charge is 0.327 e. The molecule has 0 aliphatic carbocycles. The van der Waals surface area contributed by atoms with Crippen LogP contribution in [0.3, 0.4) is 0 Å². The summed E-state index contributed by atoms with van der Waals surface area (Å²) >= 11 is 4.23. The monoisotopic (exact) mass is 384 g/mol. The molecule has 0 fully saturated rings. The predicted octanol–water partition coefficient (Wildman–Crippen LogP) is 4.66. The lowest BCUT2D eigenvalue weighted by atomic mass is 10.1. The van der Waals surface area contributed by atoms with Gasteiger partial charge in [0.1, 0.15) is 13.2 Å². The fourth-order valence-electron chi connectivity index (χ4n) is 2.63. The van der Waals surface area contributed by atoms with E-state index in [-0.39, 0.29) is 6.61 Å². The van der Waals surface area contributed by atoms with E-state index >= 15 is 0 Å². The van der Waals surface area contributed by atoms with Gasteiger partial charge in [0.25, 0.3) is 0 Å². The molecule has 0 aromatic carbocycles. The van der Waals surface area contributed by atoms with E-state index in [1.807, 2.05) is 0 Å². The third kappa shape index (κ3) is 15.9. The van der Waals surface area contributed by atoms with Gasteiger partial charge >= 0.3 is 7.82 Å². The lowest BCUT2D eigenvalue weighted by Gasteiger charge is -2.29. The van der Waals surface area contributed by atoms with Crippen LogP contribution in [0.25, 0.3) is 0 Å². The van der Waals surface area contributed by atoms with E-state index in [0.29, 0.717) is 6.54 Å². The quantitative estimate of drug-likeness (QED) is 0.166. The first-order valence-electron chi connectivity index (χ1n) is 9.29. The first-order valence-corrected chi connectivity index (χ1v) is 11.4. The van der Waals surface area contributed by atoms with Gasteiger partial charge < -0.3 is 9.38 Å². The highest BCUT2D eigenvalue weighted by Crippen LogP contribution is 2.41. The molecule has 1 unspecified atom stereocenters. The summed E-state index contributed by atoms with van der Waals surface area (Å²) in [4.78, 5) is 9.20. The van der Waals surface area contributed by atoms with Crippen molar-refractivity contribution in [2.75, 3.05) is 46.7 Å². The minimum atomic E-state index is -3.83. The van der Waals surface area contributed by atoms with E-state index in [4.69, 9.17) is 4.52 Å². The van der Waals surface area contributed by atoms with Gasteiger partial charge in [-0.3, -0.25) is 9.05 Å². The largest absolute Gasteiger partial charge is 0.472 e. The van der Waals surface area contributed by atoms with Crippen molar-refractivity contribution in [2.45, 2.75) is 64.2 Å². The number of quaternary nitrogens is 1. The van der Waals surface area contributed by atoms with Crippen LogP contribution in [0.15, 0.2) is 0 Å². The van der Waals surface area contributed by atoms with Gasteiger partial charge in [-0.1, -0.05) is 44.9 Å². The molecule has 0 rings (SSSR count). The van der Waals surface area contributed by atoms with Crippen molar-refractivity contribution in [3.8, 4) is 0 Å². The lowest BCUT2D eigenvalue weighted by Crippen LogP contribution is -2.42. The highest BCUT2D eigenvalue weighted by molar-refractivity contribution is 7.80. The molecule has 0 spiro atoms. The Morgan fingerprint density at radius 1 is 0.875 bits per heavy atom. The van der Waals surface area contributed by atoms with E-state index in [1.165, 1.54) is 71.3 Å². The van der Waals surface area contributed by atoms with Gasteiger partial charge in [0, 0.05) is 7.11 Å². The van der Waals surface area contributed by atoms with Gasteiger partial charge in [-0.15, -0.1) is 0 Å². The van der Waals surface area contributed by atoms with Crippen LogP contribution in [0.2, 0.25) is 0 Å². The molecule has 24 heavy (non-hydrogen) atoms. The standard InChI is InChI=1S/C17H38NO4PS/c1-18(2,15-16-22-23(19,20)21-3)14-12-10-8-6-4-5-7-9-11-13-17-24/h4-17H2,1-3H3,(H-,19,20,24)/p+1. The van der Waals surface area contributed by atoms with Gasteiger partial charge in [-0.05, 0) is 25.0 Å². The van der Waals surface area contributed by atoms with Gasteiger partial charge in [-0.25, -0.2) is 4.57 Å². The van der Waals surface area contributed by atoms with Crippen LogP contribution in [0.5, 0.6) is 0 Å². The molecular formula is C17H39NO4PS+. The number of hydrogen-bond acceptors (Lipinski definition) is 4. The van der Waals surface area contributed by atoms with Gasteiger partial charge in [0.2, 0.25) is 0 Å². The molecular weight excluding hydrogens is 345 g/mol.